The van der Waals surface area contributed by atoms with Gasteiger partial charge in [0.1, 0.15) is 9.90 Å². The van der Waals surface area contributed by atoms with Crippen molar-refractivity contribution in [2.75, 3.05) is 23.3 Å². The third-order valence-corrected chi connectivity index (χ3v) is 5.83. The maximum absolute atomic E-state index is 12.2. The second-order valence-electron chi connectivity index (χ2n) is 4.63. The number of nitrogens with zero attached hydrogens (tertiary/aromatic N) is 3. The van der Waals surface area contributed by atoms with Crippen LogP contribution >= 0.6 is 11.5 Å². The first-order chi connectivity index (χ1) is 10.0. The van der Waals surface area contributed by atoms with E-state index < -0.39 is 9.84 Å². The summed E-state index contributed by atoms with van der Waals surface area (Å²) in [6.45, 7) is 3.29. The molecule has 2 aromatic rings. The fourth-order valence-corrected chi connectivity index (χ4v) is 4.61. The Labute approximate surface area is 128 Å². The van der Waals surface area contributed by atoms with Gasteiger partial charge in [0.15, 0.2) is 15.7 Å². The van der Waals surface area contributed by atoms with Crippen LogP contribution in [0.3, 0.4) is 0 Å². The Balaban J connectivity index is 1.98. The molecule has 0 radical (unpaired) electrons. The largest absolute Gasteiger partial charge is 0.382 e. The van der Waals surface area contributed by atoms with Gasteiger partial charge in [0.05, 0.1) is 12.1 Å². The quantitative estimate of drug-likeness (QED) is 0.713. The molecule has 0 bridgehead atoms. The van der Waals surface area contributed by atoms with Crippen LogP contribution in [-0.2, 0) is 16.4 Å². The van der Waals surface area contributed by atoms with Gasteiger partial charge in [-0.2, -0.15) is 4.37 Å². The van der Waals surface area contributed by atoms with Crippen molar-refractivity contribution < 1.29 is 8.42 Å². The van der Waals surface area contributed by atoms with Crippen molar-refractivity contribution >= 4 is 32.2 Å². The van der Waals surface area contributed by atoms with Crippen LogP contribution < -0.4 is 11.1 Å². The third kappa shape index (κ3) is 3.94. The van der Waals surface area contributed by atoms with Crippen molar-refractivity contribution in [3.05, 3.63) is 18.7 Å². The van der Waals surface area contributed by atoms with Gasteiger partial charge in [-0.3, -0.25) is 0 Å². The van der Waals surface area contributed by atoms with Crippen LogP contribution in [0.1, 0.15) is 19.8 Å². The SMILES string of the molecule is CCCS(=O)(=O)c1c(N)nsc1NCCCn1ccnc1. The summed E-state index contributed by atoms with van der Waals surface area (Å²) in [5.74, 6) is 0.171. The normalized spacial score (nSPS) is 11.7. The van der Waals surface area contributed by atoms with E-state index in [4.69, 9.17) is 5.73 Å². The topological polar surface area (TPSA) is 103 Å². The standard InChI is InChI=1S/C12H19N5O2S2/c1-2-8-21(18,19)10-11(13)16-20-12(10)15-4-3-6-17-7-5-14-9-17/h5,7,9,15H,2-4,6,8H2,1H3,(H2,13,16). The van der Waals surface area contributed by atoms with Crippen molar-refractivity contribution in [3.63, 3.8) is 0 Å². The number of hydrogen-bond donors (Lipinski definition) is 2. The first-order valence-electron chi connectivity index (χ1n) is 6.72. The molecule has 0 saturated carbocycles. The lowest BCUT2D eigenvalue weighted by molar-refractivity contribution is 0.595. The Kier molecular flexibility index (Phi) is 5.18. The van der Waals surface area contributed by atoms with E-state index in [-0.39, 0.29) is 16.5 Å². The molecule has 0 amide bonds. The predicted molar refractivity (Wildman–Crippen MR) is 84.2 cm³/mol. The van der Waals surface area contributed by atoms with E-state index in [1.165, 1.54) is 0 Å². The second kappa shape index (κ2) is 6.90. The van der Waals surface area contributed by atoms with Crippen LogP contribution in [0.2, 0.25) is 0 Å². The monoisotopic (exact) mass is 329 g/mol. The molecule has 0 aliphatic carbocycles. The van der Waals surface area contributed by atoms with Crippen molar-refractivity contribution in [1.82, 2.24) is 13.9 Å². The molecule has 9 heteroatoms. The van der Waals surface area contributed by atoms with Gasteiger partial charge in [-0.25, -0.2) is 13.4 Å². The van der Waals surface area contributed by atoms with Crippen molar-refractivity contribution in [2.24, 2.45) is 0 Å². The van der Waals surface area contributed by atoms with Gasteiger partial charge in [-0.15, -0.1) is 0 Å². The van der Waals surface area contributed by atoms with Gasteiger partial charge in [-0.05, 0) is 24.4 Å². The van der Waals surface area contributed by atoms with Gasteiger partial charge >= 0.3 is 0 Å². The van der Waals surface area contributed by atoms with Crippen LogP contribution in [0.25, 0.3) is 0 Å². The molecule has 7 nitrogen and oxygen atoms in total. The van der Waals surface area contributed by atoms with Crippen molar-refractivity contribution in [3.8, 4) is 0 Å². The van der Waals surface area contributed by atoms with Crippen LogP contribution in [0.15, 0.2) is 23.6 Å². The lowest BCUT2D eigenvalue weighted by Crippen LogP contribution is -2.12. The number of hydrogen-bond acceptors (Lipinski definition) is 7. The van der Waals surface area contributed by atoms with Gasteiger partial charge < -0.3 is 15.6 Å². The fraction of sp³-hybridized carbons (Fsp3) is 0.500. The summed E-state index contributed by atoms with van der Waals surface area (Å²) in [5, 5.41) is 3.66. The Morgan fingerprint density at radius 1 is 1.48 bits per heavy atom. The molecule has 2 heterocycles. The number of imidazole rings is 1. The lowest BCUT2D eigenvalue weighted by Gasteiger charge is -2.08. The molecule has 21 heavy (non-hydrogen) atoms. The van der Waals surface area contributed by atoms with Gasteiger partial charge in [0.2, 0.25) is 0 Å². The highest BCUT2D eigenvalue weighted by molar-refractivity contribution is 7.91. The minimum absolute atomic E-state index is 0.0827. The zero-order valence-corrected chi connectivity index (χ0v) is 13.5. The van der Waals surface area contributed by atoms with Crippen LogP contribution in [0.5, 0.6) is 0 Å². The summed E-state index contributed by atoms with van der Waals surface area (Å²) in [6, 6.07) is 0. The van der Waals surface area contributed by atoms with Crippen LogP contribution in [-0.4, -0.2) is 34.6 Å². The zero-order chi connectivity index (χ0) is 15.3. The number of anilines is 2. The average Bonchev–Trinajstić information content (AvgIpc) is 3.04. The molecular weight excluding hydrogens is 310 g/mol. The molecule has 0 aromatic carbocycles. The average molecular weight is 329 g/mol. The number of aryl methyl sites for hydroxylation is 1. The molecule has 0 aliphatic heterocycles. The number of nitrogen functional groups attached to an aromatic ring is 1. The van der Waals surface area contributed by atoms with E-state index in [1.54, 1.807) is 12.5 Å². The second-order valence-corrected chi connectivity index (χ2v) is 7.45. The Hall–Kier alpha value is -1.61. The van der Waals surface area contributed by atoms with Gasteiger partial charge in [-0.1, -0.05) is 6.92 Å². The minimum Gasteiger partial charge on any atom is -0.382 e. The zero-order valence-electron chi connectivity index (χ0n) is 11.8. The Morgan fingerprint density at radius 2 is 2.29 bits per heavy atom. The molecule has 0 atom stereocenters. The first-order valence-corrected chi connectivity index (χ1v) is 9.14. The van der Waals surface area contributed by atoms with Crippen LogP contribution in [0, 0.1) is 0 Å². The number of aromatic nitrogens is 3. The van der Waals surface area contributed by atoms with Crippen molar-refractivity contribution in [1.29, 1.82) is 0 Å². The lowest BCUT2D eigenvalue weighted by atomic mass is 10.4. The molecule has 116 valence electrons. The van der Waals surface area contributed by atoms with Crippen LogP contribution in [0.4, 0.5) is 10.8 Å². The molecule has 2 rings (SSSR count). The summed E-state index contributed by atoms with van der Waals surface area (Å²) in [7, 11) is -3.36. The van der Waals surface area contributed by atoms with E-state index in [1.807, 2.05) is 17.7 Å². The molecule has 2 aromatic heterocycles. The molecule has 0 saturated heterocycles. The molecule has 0 aliphatic rings. The smallest absolute Gasteiger partial charge is 0.185 e. The Bertz CT molecular complexity index is 664. The van der Waals surface area contributed by atoms with E-state index >= 15 is 0 Å². The number of sulfone groups is 1. The van der Waals surface area contributed by atoms with Gasteiger partial charge in [0, 0.05) is 25.5 Å². The minimum atomic E-state index is -3.36. The highest BCUT2D eigenvalue weighted by Crippen LogP contribution is 2.32. The number of rotatable bonds is 8. The molecule has 0 spiro atoms. The molecule has 0 fully saturated rings. The fourth-order valence-electron chi connectivity index (χ4n) is 1.96. The highest BCUT2D eigenvalue weighted by atomic mass is 32.2. The highest BCUT2D eigenvalue weighted by Gasteiger charge is 2.24. The van der Waals surface area contributed by atoms with E-state index in [0.29, 0.717) is 18.0 Å². The summed E-state index contributed by atoms with van der Waals surface area (Å²) in [4.78, 5) is 4.12. The maximum Gasteiger partial charge on any atom is 0.185 e. The summed E-state index contributed by atoms with van der Waals surface area (Å²) in [5.41, 5.74) is 5.71. The maximum atomic E-state index is 12.2. The van der Waals surface area contributed by atoms with E-state index in [9.17, 15) is 8.42 Å². The Morgan fingerprint density at radius 3 is 2.95 bits per heavy atom. The summed E-state index contributed by atoms with van der Waals surface area (Å²) >= 11 is 1.09. The van der Waals surface area contributed by atoms with E-state index in [2.05, 4.69) is 14.7 Å². The predicted octanol–water partition coefficient (Wildman–Crippen LogP) is 1.61. The van der Waals surface area contributed by atoms with Gasteiger partial charge in [0.25, 0.3) is 0 Å². The molecule has 0 unspecified atom stereocenters. The molecular formula is C12H19N5O2S2. The molecule has 3 N–H and O–H groups in total. The van der Waals surface area contributed by atoms with Crippen molar-refractivity contribution in [2.45, 2.75) is 31.2 Å². The summed E-state index contributed by atoms with van der Waals surface area (Å²) < 4.78 is 30.3. The number of nitrogens with one attached hydrogen (secondary N) is 1. The third-order valence-electron chi connectivity index (χ3n) is 2.90. The number of nitrogens with two attached hydrogens (primary N) is 1. The summed E-state index contributed by atoms with van der Waals surface area (Å²) in [6.07, 6.45) is 6.77. The van der Waals surface area contributed by atoms with E-state index in [0.717, 1.165) is 24.5 Å². The first kappa shape index (κ1) is 15.8.